The zero-order valence-corrected chi connectivity index (χ0v) is 12.5. The predicted molar refractivity (Wildman–Crippen MR) is 82.9 cm³/mol. The summed E-state index contributed by atoms with van der Waals surface area (Å²) in [6.45, 7) is 2.33. The second-order valence-corrected chi connectivity index (χ2v) is 5.60. The van der Waals surface area contributed by atoms with Crippen LogP contribution in [0.1, 0.15) is 25.0 Å². The molecule has 0 atom stereocenters. The maximum Gasteiger partial charge on any atom is 0.269 e. The van der Waals surface area contributed by atoms with Crippen molar-refractivity contribution in [1.29, 1.82) is 0 Å². The first-order chi connectivity index (χ1) is 10.2. The minimum atomic E-state index is -0.111. The van der Waals surface area contributed by atoms with Crippen molar-refractivity contribution in [1.82, 2.24) is 14.8 Å². The monoisotopic (exact) mass is 304 g/mol. The van der Waals surface area contributed by atoms with Crippen LogP contribution in [-0.4, -0.2) is 27.9 Å². The van der Waals surface area contributed by atoms with Crippen LogP contribution in [0.2, 0.25) is 5.15 Å². The fourth-order valence-electron chi connectivity index (χ4n) is 2.56. The summed E-state index contributed by atoms with van der Waals surface area (Å²) in [6.07, 6.45) is 5.38. The maximum atomic E-state index is 12.2. The molecule has 3 rings (SSSR count). The molecule has 5 nitrogen and oxygen atoms in total. The molecule has 0 amide bonds. The number of hydrogen-bond donors (Lipinski definition) is 0. The molecular formula is C15H17ClN4O. The Morgan fingerprint density at radius 3 is 2.71 bits per heavy atom. The van der Waals surface area contributed by atoms with Crippen molar-refractivity contribution in [2.45, 2.75) is 25.8 Å². The van der Waals surface area contributed by atoms with Crippen LogP contribution in [0.5, 0.6) is 0 Å². The lowest BCUT2D eigenvalue weighted by Gasteiger charge is -2.28. The van der Waals surface area contributed by atoms with Crippen molar-refractivity contribution in [2.24, 2.45) is 0 Å². The first-order valence-electron chi connectivity index (χ1n) is 7.16. The maximum absolute atomic E-state index is 12.2. The van der Waals surface area contributed by atoms with E-state index in [0.29, 0.717) is 11.7 Å². The van der Waals surface area contributed by atoms with Gasteiger partial charge in [-0.05, 0) is 31.4 Å². The molecule has 0 aromatic carbocycles. The number of halogens is 1. The fraction of sp³-hybridized carbons (Fsp3) is 0.400. The van der Waals surface area contributed by atoms with Gasteiger partial charge in [0, 0.05) is 19.2 Å². The zero-order chi connectivity index (χ0) is 14.7. The van der Waals surface area contributed by atoms with Crippen molar-refractivity contribution in [3.05, 3.63) is 51.7 Å². The van der Waals surface area contributed by atoms with Gasteiger partial charge in [0.1, 0.15) is 5.15 Å². The van der Waals surface area contributed by atoms with E-state index in [1.807, 2.05) is 12.1 Å². The molecular weight excluding hydrogens is 288 g/mol. The third-order valence-corrected chi connectivity index (χ3v) is 3.87. The molecule has 0 N–H and O–H groups in total. The largest absolute Gasteiger partial charge is 0.370 e. The van der Waals surface area contributed by atoms with Crippen LogP contribution in [0.25, 0.3) is 0 Å². The van der Waals surface area contributed by atoms with E-state index in [4.69, 9.17) is 11.6 Å². The Balaban J connectivity index is 1.79. The molecule has 6 heteroatoms. The SMILES string of the molecule is O=c1cc(N2CCCCC2)cnn1Cc1cccc(Cl)n1. The molecule has 0 aliphatic carbocycles. The molecule has 1 fully saturated rings. The van der Waals surface area contributed by atoms with Gasteiger partial charge in [-0.3, -0.25) is 4.79 Å². The van der Waals surface area contributed by atoms with E-state index in [1.54, 1.807) is 18.3 Å². The van der Waals surface area contributed by atoms with Gasteiger partial charge >= 0.3 is 0 Å². The lowest BCUT2D eigenvalue weighted by Crippen LogP contribution is -2.32. The summed E-state index contributed by atoms with van der Waals surface area (Å²) in [5.41, 5.74) is 1.53. The van der Waals surface area contributed by atoms with Gasteiger partial charge in [-0.2, -0.15) is 5.10 Å². The highest BCUT2D eigenvalue weighted by Crippen LogP contribution is 2.16. The van der Waals surface area contributed by atoms with Crippen LogP contribution in [0, 0.1) is 0 Å². The zero-order valence-electron chi connectivity index (χ0n) is 11.7. The average molecular weight is 305 g/mol. The molecule has 1 aliphatic heterocycles. The number of hydrogen-bond acceptors (Lipinski definition) is 4. The molecule has 1 saturated heterocycles. The predicted octanol–water partition coefficient (Wildman–Crippen LogP) is 2.33. The summed E-state index contributed by atoms with van der Waals surface area (Å²) in [5, 5.41) is 4.68. The number of pyridine rings is 1. The minimum Gasteiger partial charge on any atom is -0.370 e. The van der Waals surface area contributed by atoms with Gasteiger partial charge in [0.2, 0.25) is 0 Å². The molecule has 110 valence electrons. The van der Waals surface area contributed by atoms with Gasteiger partial charge in [-0.15, -0.1) is 0 Å². The Bertz CT molecular complexity index is 679. The van der Waals surface area contributed by atoms with E-state index in [2.05, 4.69) is 15.0 Å². The summed E-state index contributed by atoms with van der Waals surface area (Å²) in [6, 6.07) is 7.01. The van der Waals surface area contributed by atoms with Gasteiger partial charge in [0.25, 0.3) is 5.56 Å². The summed E-state index contributed by atoms with van der Waals surface area (Å²) in [5.74, 6) is 0. The molecule has 21 heavy (non-hydrogen) atoms. The number of piperidine rings is 1. The second-order valence-electron chi connectivity index (χ2n) is 5.21. The van der Waals surface area contributed by atoms with Crippen LogP contribution in [-0.2, 0) is 6.54 Å². The Hall–Kier alpha value is -1.88. The lowest BCUT2D eigenvalue weighted by atomic mass is 10.1. The summed E-state index contributed by atoms with van der Waals surface area (Å²) in [7, 11) is 0. The van der Waals surface area contributed by atoms with E-state index >= 15 is 0 Å². The number of nitrogens with zero attached hydrogens (tertiary/aromatic N) is 4. The Morgan fingerprint density at radius 1 is 1.19 bits per heavy atom. The van der Waals surface area contributed by atoms with Crippen molar-refractivity contribution >= 4 is 17.3 Å². The standard InChI is InChI=1S/C15H17ClN4O/c16-14-6-4-5-12(18-14)11-20-15(21)9-13(10-17-20)19-7-2-1-3-8-19/h4-6,9-10H,1-3,7-8,11H2. The molecule has 2 aromatic heterocycles. The van der Waals surface area contributed by atoms with Crippen molar-refractivity contribution in [2.75, 3.05) is 18.0 Å². The molecule has 0 saturated carbocycles. The molecule has 3 heterocycles. The normalized spacial score (nSPS) is 15.2. The van der Waals surface area contributed by atoms with E-state index < -0.39 is 0 Å². The van der Waals surface area contributed by atoms with Crippen LogP contribution >= 0.6 is 11.6 Å². The van der Waals surface area contributed by atoms with Crippen LogP contribution in [0.3, 0.4) is 0 Å². The second kappa shape index (κ2) is 6.26. The summed E-state index contributed by atoms with van der Waals surface area (Å²) < 4.78 is 1.41. The molecule has 0 unspecified atom stereocenters. The topological polar surface area (TPSA) is 51.0 Å². The van der Waals surface area contributed by atoms with E-state index in [0.717, 1.165) is 24.5 Å². The number of rotatable bonds is 3. The molecule has 0 spiro atoms. The third-order valence-electron chi connectivity index (χ3n) is 3.66. The summed E-state index contributed by atoms with van der Waals surface area (Å²) in [4.78, 5) is 18.6. The van der Waals surface area contributed by atoms with E-state index in [1.165, 1.54) is 23.9 Å². The first kappa shape index (κ1) is 14.1. The van der Waals surface area contributed by atoms with Crippen LogP contribution in [0.4, 0.5) is 5.69 Å². The quantitative estimate of drug-likeness (QED) is 0.817. The third kappa shape index (κ3) is 3.42. The molecule has 2 aromatic rings. The highest BCUT2D eigenvalue weighted by Gasteiger charge is 2.12. The van der Waals surface area contributed by atoms with Crippen LogP contribution in [0.15, 0.2) is 35.3 Å². The lowest BCUT2D eigenvalue weighted by molar-refractivity contribution is 0.570. The Morgan fingerprint density at radius 2 is 2.00 bits per heavy atom. The van der Waals surface area contributed by atoms with Crippen molar-refractivity contribution in [3.63, 3.8) is 0 Å². The Kier molecular flexibility index (Phi) is 4.20. The van der Waals surface area contributed by atoms with Crippen LogP contribution < -0.4 is 10.5 Å². The fourth-order valence-corrected chi connectivity index (χ4v) is 2.74. The molecule has 0 radical (unpaired) electrons. The summed E-state index contributed by atoms with van der Waals surface area (Å²) >= 11 is 5.85. The number of anilines is 1. The van der Waals surface area contributed by atoms with Crippen molar-refractivity contribution < 1.29 is 0 Å². The highest BCUT2D eigenvalue weighted by atomic mass is 35.5. The molecule has 1 aliphatic rings. The van der Waals surface area contributed by atoms with Gasteiger partial charge in [-0.1, -0.05) is 17.7 Å². The van der Waals surface area contributed by atoms with Crippen molar-refractivity contribution in [3.8, 4) is 0 Å². The minimum absolute atomic E-state index is 0.111. The van der Waals surface area contributed by atoms with Gasteiger partial charge < -0.3 is 4.90 Å². The highest BCUT2D eigenvalue weighted by molar-refractivity contribution is 6.29. The number of aromatic nitrogens is 3. The van der Waals surface area contributed by atoms with E-state index in [9.17, 15) is 4.79 Å². The first-order valence-corrected chi connectivity index (χ1v) is 7.54. The smallest absolute Gasteiger partial charge is 0.269 e. The van der Waals surface area contributed by atoms with Gasteiger partial charge in [0.05, 0.1) is 24.1 Å². The Labute approximate surface area is 128 Å². The molecule has 0 bridgehead atoms. The van der Waals surface area contributed by atoms with E-state index in [-0.39, 0.29) is 5.56 Å². The van der Waals surface area contributed by atoms with Gasteiger partial charge in [-0.25, -0.2) is 9.67 Å². The van der Waals surface area contributed by atoms with Gasteiger partial charge in [0.15, 0.2) is 0 Å². The average Bonchev–Trinajstić information content (AvgIpc) is 2.50.